The summed E-state index contributed by atoms with van der Waals surface area (Å²) in [5.74, 6) is -0.867. The molecule has 2 aromatic rings. The third kappa shape index (κ3) is 5.01. The van der Waals surface area contributed by atoms with Gasteiger partial charge in [-0.25, -0.2) is 4.79 Å². The zero-order valence-corrected chi connectivity index (χ0v) is 19.9. The Kier molecular flexibility index (Phi) is 7.72. The van der Waals surface area contributed by atoms with Crippen LogP contribution in [0.3, 0.4) is 0 Å². The lowest BCUT2D eigenvalue weighted by Crippen LogP contribution is -2.31. The molecule has 0 unspecified atom stereocenters. The highest BCUT2D eigenvalue weighted by molar-refractivity contribution is 9.10. The average Bonchev–Trinajstić information content (AvgIpc) is 3.13. The molecule has 1 amide bonds. The van der Waals surface area contributed by atoms with Crippen LogP contribution in [0.5, 0.6) is 11.5 Å². The Morgan fingerprint density at radius 1 is 1.09 bits per heavy atom. The Morgan fingerprint density at radius 2 is 1.73 bits per heavy atom. The van der Waals surface area contributed by atoms with Crippen LogP contribution in [0.4, 0.5) is 5.69 Å². The summed E-state index contributed by atoms with van der Waals surface area (Å²) in [6, 6.07) is 9.84. The molecule has 10 heteroatoms. The highest BCUT2D eigenvalue weighted by Gasteiger charge is 2.35. The van der Waals surface area contributed by atoms with Gasteiger partial charge in [0.1, 0.15) is 5.70 Å². The van der Waals surface area contributed by atoms with Crippen LogP contribution in [-0.4, -0.2) is 68.7 Å². The van der Waals surface area contributed by atoms with Gasteiger partial charge in [0.15, 0.2) is 17.3 Å². The third-order valence-electron chi connectivity index (χ3n) is 5.09. The first-order valence-corrected chi connectivity index (χ1v) is 10.7. The lowest BCUT2D eigenvalue weighted by atomic mass is 10.0. The predicted molar refractivity (Wildman–Crippen MR) is 123 cm³/mol. The van der Waals surface area contributed by atoms with Gasteiger partial charge in [0.05, 0.1) is 45.7 Å². The van der Waals surface area contributed by atoms with Crippen molar-refractivity contribution in [2.24, 2.45) is 0 Å². The zero-order valence-electron chi connectivity index (χ0n) is 18.3. The lowest BCUT2D eigenvalue weighted by molar-refractivity contribution is -0.136. The normalized spacial score (nSPS) is 13.2. The average molecular weight is 519 g/mol. The molecule has 0 spiro atoms. The van der Waals surface area contributed by atoms with Crippen LogP contribution in [0.25, 0.3) is 0 Å². The van der Waals surface area contributed by atoms with Gasteiger partial charge in [-0.3, -0.25) is 9.59 Å². The second-order valence-corrected chi connectivity index (χ2v) is 7.92. The molecule has 0 atom stereocenters. The molecule has 1 aliphatic heterocycles. The number of nitrogens with one attached hydrogen (secondary N) is 1. The van der Waals surface area contributed by atoms with Crippen molar-refractivity contribution in [1.82, 2.24) is 4.90 Å². The number of amides is 1. The van der Waals surface area contributed by atoms with Gasteiger partial charge in [-0.05, 0) is 30.3 Å². The molecule has 1 aliphatic rings. The summed E-state index contributed by atoms with van der Waals surface area (Å²) >= 11 is 3.35. The number of halogens is 1. The number of β-amino-alcohol motifs (C(OH)–C–C–N with tert-alkyl or cyclic N) is 1. The first kappa shape index (κ1) is 24.3. The maximum Gasteiger partial charge on any atom is 0.337 e. The van der Waals surface area contributed by atoms with Crippen molar-refractivity contribution in [3.63, 3.8) is 0 Å². The van der Waals surface area contributed by atoms with Gasteiger partial charge in [0.25, 0.3) is 5.91 Å². The number of esters is 1. The number of carbonyl (C=O) groups excluding carboxylic acids is 3. The molecule has 1 heterocycles. The Morgan fingerprint density at radius 3 is 2.30 bits per heavy atom. The summed E-state index contributed by atoms with van der Waals surface area (Å²) in [7, 11) is 4.11. The number of anilines is 1. The standard InChI is InChI=1S/C23H23BrN2O7/c1-31-18-10-15(21(28)13-4-6-14(24)7-5-13)17(11-19(18)32-2)25-20-16(23(30)33-3)12-26(8-9-27)22(20)29/h4-7,10-11,25,27H,8-9,12H2,1-3H3. The van der Waals surface area contributed by atoms with Crippen molar-refractivity contribution in [2.45, 2.75) is 0 Å². The first-order chi connectivity index (χ1) is 15.8. The molecule has 9 nitrogen and oxygen atoms in total. The van der Waals surface area contributed by atoms with E-state index in [1.54, 1.807) is 24.3 Å². The Balaban J connectivity index is 2.12. The molecule has 0 aliphatic carbocycles. The van der Waals surface area contributed by atoms with Gasteiger partial charge in [0.2, 0.25) is 0 Å². The van der Waals surface area contributed by atoms with E-state index >= 15 is 0 Å². The molecule has 2 N–H and O–H groups in total. The number of benzene rings is 2. The smallest absolute Gasteiger partial charge is 0.337 e. The van der Waals surface area contributed by atoms with E-state index in [0.29, 0.717) is 17.1 Å². The summed E-state index contributed by atoms with van der Waals surface area (Å²) in [5, 5.41) is 12.2. The van der Waals surface area contributed by atoms with Crippen LogP contribution >= 0.6 is 15.9 Å². The first-order valence-electron chi connectivity index (χ1n) is 9.89. The van der Waals surface area contributed by atoms with Gasteiger partial charge in [-0.2, -0.15) is 0 Å². The van der Waals surface area contributed by atoms with Crippen molar-refractivity contribution in [1.29, 1.82) is 0 Å². The van der Waals surface area contributed by atoms with Crippen molar-refractivity contribution < 1.29 is 33.7 Å². The molecule has 3 rings (SSSR count). The minimum atomic E-state index is -0.687. The molecular formula is C23H23BrN2O7. The number of rotatable bonds is 9. The zero-order chi connectivity index (χ0) is 24.1. The van der Waals surface area contributed by atoms with Crippen LogP contribution in [0.15, 0.2) is 52.1 Å². The number of ether oxygens (including phenoxy) is 3. The van der Waals surface area contributed by atoms with Gasteiger partial charge < -0.3 is 29.5 Å². The van der Waals surface area contributed by atoms with E-state index in [1.807, 2.05) is 0 Å². The van der Waals surface area contributed by atoms with Crippen LogP contribution in [0, 0.1) is 0 Å². The highest BCUT2D eigenvalue weighted by atomic mass is 79.9. The lowest BCUT2D eigenvalue weighted by Gasteiger charge is -2.18. The fraction of sp³-hybridized carbons (Fsp3) is 0.261. The van der Waals surface area contributed by atoms with E-state index < -0.39 is 11.9 Å². The van der Waals surface area contributed by atoms with E-state index in [-0.39, 0.29) is 48.0 Å². The summed E-state index contributed by atoms with van der Waals surface area (Å²) in [6.07, 6.45) is 0. The Hall–Kier alpha value is -3.37. The molecule has 0 fully saturated rings. The van der Waals surface area contributed by atoms with Crippen molar-refractivity contribution in [3.05, 3.63) is 63.3 Å². The van der Waals surface area contributed by atoms with Crippen molar-refractivity contribution >= 4 is 39.3 Å². The highest BCUT2D eigenvalue weighted by Crippen LogP contribution is 2.36. The minimum Gasteiger partial charge on any atom is -0.493 e. The van der Waals surface area contributed by atoms with E-state index in [2.05, 4.69) is 21.2 Å². The van der Waals surface area contributed by atoms with Crippen molar-refractivity contribution in [2.75, 3.05) is 46.3 Å². The van der Waals surface area contributed by atoms with Crippen LogP contribution in [0.1, 0.15) is 15.9 Å². The molecule has 0 radical (unpaired) electrons. The quantitative estimate of drug-likeness (QED) is 0.384. The number of hydrogen-bond donors (Lipinski definition) is 2. The number of methoxy groups -OCH3 is 3. The number of ketones is 1. The van der Waals surface area contributed by atoms with Crippen LogP contribution < -0.4 is 14.8 Å². The van der Waals surface area contributed by atoms with Crippen LogP contribution in [-0.2, 0) is 14.3 Å². The van der Waals surface area contributed by atoms with E-state index in [9.17, 15) is 19.5 Å². The summed E-state index contributed by atoms with van der Waals surface area (Å²) < 4.78 is 16.4. The molecule has 0 aromatic heterocycles. The molecule has 0 saturated carbocycles. The SMILES string of the molecule is COC(=O)C1=C(Nc2cc(OC)c(OC)cc2C(=O)c2ccc(Br)cc2)C(=O)N(CCO)C1. The van der Waals surface area contributed by atoms with E-state index in [4.69, 9.17) is 14.2 Å². The topological polar surface area (TPSA) is 114 Å². The summed E-state index contributed by atoms with van der Waals surface area (Å²) in [5.41, 5.74) is 0.923. The predicted octanol–water partition coefficient (Wildman–Crippen LogP) is 2.37. The Bertz CT molecular complexity index is 1110. The molecule has 174 valence electrons. The number of aliphatic hydroxyl groups excluding tert-OH is 1. The number of aliphatic hydroxyl groups is 1. The van der Waals surface area contributed by atoms with Gasteiger partial charge in [-0.15, -0.1) is 0 Å². The molecule has 2 aromatic carbocycles. The molecule has 33 heavy (non-hydrogen) atoms. The number of nitrogens with zero attached hydrogens (tertiary/aromatic N) is 1. The monoisotopic (exact) mass is 518 g/mol. The largest absolute Gasteiger partial charge is 0.493 e. The van der Waals surface area contributed by atoms with Crippen LogP contribution in [0.2, 0.25) is 0 Å². The second-order valence-electron chi connectivity index (χ2n) is 7.01. The van der Waals surface area contributed by atoms with E-state index in [0.717, 1.165) is 4.47 Å². The number of hydrogen-bond acceptors (Lipinski definition) is 8. The third-order valence-corrected chi connectivity index (χ3v) is 5.62. The maximum absolute atomic E-state index is 13.4. The fourth-order valence-electron chi connectivity index (χ4n) is 3.41. The molecule has 0 saturated heterocycles. The van der Waals surface area contributed by atoms with Gasteiger partial charge >= 0.3 is 5.97 Å². The minimum absolute atomic E-state index is 0.0301. The van der Waals surface area contributed by atoms with E-state index in [1.165, 1.54) is 38.4 Å². The molecular weight excluding hydrogens is 496 g/mol. The van der Waals surface area contributed by atoms with Gasteiger partial charge in [0, 0.05) is 28.2 Å². The Labute approximate surface area is 199 Å². The summed E-state index contributed by atoms with van der Waals surface area (Å²) in [6.45, 7) is -0.254. The second kappa shape index (κ2) is 10.5. The van der Waals surface area contributed by atoms with Gasteiger partial charge in [-0.1, -0.05) is 15.9 Å². The molecule has 0 bridgehead atoms. The fourth-order valence-corrected chi connectivity index (χ4v) is 3.67. The number of carbonyl (C=O) groups is 3. The van der Waals surface area contributed by atoms with Crippen molar-refractivity contribution in [3.8, 4) is 11.5 Å². The maximum atomic E-state index is 13.4. The summed E-state index contributed by atoms with van der Waals surface area (Å²) in [4.78, 5) is 39.9.